The lowest BCUT2D eigenvalue weighted by Gasteiger charge is -2.10. The molecule has 0 aliphatic rings. The predicted octanol–water partition coefficient (Wildman–Crippen LogP) is 2.71. The van der Waals surface area contributed by atoms with Crippen molar-refractivity contribution in [3.8, 4) is 11.8 Å². The molecule has 0 unspecified atom stereocenters. The Morgan fingerprint density at radius 3 is 2.27 bits per heavy atom. The summed E-state index contributed by atoms with van der Waals surface area (Å²) < 4.78 is 51.4. The predicted molar refractivity (Wildman–Crippen MR) is 117 cm³/mol. The molecule has 30 heavy (non-hydrogen) atoms. The summed E-state index contributed by atoms with van der Waals surface area (Å²) in [5, 5.41) is 15.5. The van der Waals surface area contributed by atoms with E-state index in [0.717, 1.165) is 18.3 Å². The number of aliphatic hydroxyl groups is 1. The van der Waals surface area contributed by atoms with Gasteiger partial charge in [-0.05, 0) is 55.8 Å². The Labute approximate surface area is 185 Å². The van der Waals surface area contributed by atoms with Gasteiger partial charge < -0.3 is 5.11 Å². The molecule has 2 aromatic rings. The number of nitrogens with two attached hydrogens (primary N) is 1. The number of sulfonamides is 2. The highest BCUT2D eigenvalue weighted by Gasteiger charge is 2.24. The molecule has 0 atom stereocenters. The summed E-state index contributed by atoms with van der Waals surface area (Å²) in [4.78, 5) is -1.17. The first kappa shape index (κ1) is 24.2. The third-order valence-electron chi connectivity index (χ3n) is 3.50. The third kappa shape index (κ3) is 6.74. The average Bonchev–Trinajstić information content (AvgIpc) is 2.61. The topological polar surface area (TPSA) is 127 Å². The van der Waals surface area contributed by atoms with Crippen LogP contribution in [0.15, 0.2) is 52.4 Å². The van der Waals surface area contributed by atoms with Gasteiger partial charge in [-0.2, -0.15) is 0 Å². The smallest absolute Gasteiger partial charge is 0.262 e. The third-order valence-corrected chi connectivity index (χ3v) is 6.70. The summed E-state index contributed by atoms with van der Waals surface area (Å²) in [6, 6.07) is 8.11. The molecule has 0 aliphatic heterocycles. The van der Waals surface area contributed by atoms with Crippen molar-refractivity contribution in [2.75, 3.05) is 0 Å². The number of hydrogen-bond donors (Lipinski definition) is 3. The first-order valence-corrected chi connectivity index (χ1v) is 12.0. The fourth-order valence-electron chi connectivity index (χ4n) is 2.15. The van der Waals surface area contributed by atoms with Crippen LogP contribution in [0.1, 0.15) is 25.0 Å². The Balaban J connectivity index is 2.41. The van der Waals surface area contributed by atoms with Gasteiger partial charge in [0.2, 0.25) is 10.0 Å². The molecule has 0 fully saturated rings. The molecule has 0 aliphatic carbocycles. The van der Waals surface area contributed by atoms with Crippen molar-refractivity contribution in [1.29, 1.82) is 0 Å². The van der Waals surface area contributed by atoms with Crippen molar-refractivity contribution >= 4 is 49.3 Å². The van der Waals surface area contributed by atoms with E-state index >= 15 is 0 Å². The van der Waals surface area contributed by atoms with Crippen molar-refractivity contribution in [2.45, 2.75) is 29.2 Å². The number of nitrogens with one attached hydrogen (secondary N) is 1. The van der Waals surface area contributed by atoms with E-state index in [4.69, 9.17) is 28.3 Å². The van der Waals surface area contributed by atoms with E-state index in [-0.39, 0.29) is 5.56 Å². The Morgan fingerprint density at radius 1 is 1.03 bits per heavy atom. The van der Waals surface area contributed by atoms with Crippen molar-refractivity contribution in [3.63, 3.8) is 0 Å². The molecule has 0 amide bonds. The summed E-state index contributed by atoms with van der Waals surface area (Å²) in [6.45, 7) is 2.90. The quantitative estimate of drug-likeness (QED) is 0.557. The maximum Gasteiger partial charge on any atom is 0.262 e. The molecule has 160 valence electrons. The summed E-state index contributed by atoms with van der Waals surface area (Å²) in [5.41, 5.74) is -0.578. The summed E-state index contributed by atoms with van der Waals surface area (Å²) in [6.07, 6.45) is 2.53. The van der Waals surface area contributed by atoms with E-state index in [1.54, 1.807) is 12.1 Å². The van der Waals surface area contributed by atoms with Crippen molar-refractivity contribution < 1.29 is 21.9 Å². The highest BCUT2D eigenvalue weighted by atomic mass is 35.5. The van der Waals surface area contributed by atoms with Gasteiger partial charge in [-0.3, -0.25) is 4.72 Å². The zero-order chi connectivity index (χ0) is 22.7. The van der Waals surface area contributed by atoms with Gasteiger partial charge in [-0.15, -0.1) is 0 Å². The van der Waals surface area contributed by atoms with Crippen molar-refractivity contribution in [3.05, 3.63) is 63.8 Å². The van der Waals surface area contributed by atoms with Gasteiger partial charge in [0, 0.05) is 11.8 Å². The van der Waals surface area contributed by atoms with E-state index in [0.29, 0.717) is 15.6 Å². The van der Waals surface area contributed by atoms with Gasteiger partial charge in [0.25, 0.3) is 10.0 Å². The lowest BCUT2D eigenvalue weighted by Crippen LogP contribution is -2.23. The van der Waals surface area contributed by atoms with E-state index in [2.05, 4.69) is 16.6 Å². The van der Waals surface area contributed by atoms with Crippen molar-refractivity contribution in [1.82, 2.24) is 4.72 Å². The fraction of sp³-hybridized carbons (Fsp3) is 0.158. The van der Waals surface area contributed by atoms with Gasteiger partial charge in [-0.25, -0.2) is 22.0 Å². The summed E-state index contributed by atoms with van der Waals surface area (Å²) in [5.74, 6) is 5.09. The van der Waals surface area contributed by atoms with E-state index in [1.165, 1.54) is 32.1 Å². The summed E-state index contributed by atoms with van der Waals surface area (Å²) >= 11 is 11.7. The number of benzene rings is 2. The van der Waals surface area contributed by atoms with Crippen LogP contribution in [-0.4, -0.2) is 27.5 Å². The number of rotatable bonds is 5. The fourth-order valence-corrected chi connectivity index (χ4v) is 4.72. The molecule has 2 aromatic carbocycles. The Morgan fingerprint density at radius 2 is 1.70 bits per heavy atom. The zero-order valence-corrected chi connectivity index (χ0v) is 19.0. The molecule has 0 radical (unpaired) electrons. The van der Waals surface area contributed by atoms with Gasteiger partial charge in [-0.1, -0.05) is 41.1 Å². The van der Waals surface area contributed by atoms with Crippen LogP contribution >= 0.6 is 23.2 Å². The first-order valence-electron chi connectivity index (χ1n) is 8.25. The largest absolute Gasteiger partial charge is 0.378 e. The van der Waals surface area contributed by atoms with Crippen LogP contribution in [0, 0.1) is 11.8 Å². The minimum absolute atomic E-state index is 0.173. The molecule has 0 bridgehead atoms. The number of hydrogen-bond acceptors (Lipinski definition) is 5. The van der Waals surface area contributed by atoms with Crippen LogP contribution < -0.4 is 9.86 Å². The minimum atomic E-state index is -4.39. The summed E-state index contributed by atoms with van der Waals surface area (Å²) in [7, 11) is -8.66. The van der Waals surface area contributed by atoms with Gasteiger partial charge >= 0.3 is 0 Å². The minimum Gasteiger partial charge on any atom is -0.378 e. The van der Waals surface area contributed by atoms with Crippen molar-refractivity contribution in [2.24, 2.45) is 5.14 Å². The molecule has 7 nitrogen and oxygen atoms in total. The molecule has 11 heteroatoms. The molecular weight excluding hydrogens is 471 g/mol. The Hall–Kier alpha value is -2.06. The standard InChI is InChI=1S/C19H18Cl2N2O5S2/c1-19(2,24)9-7-13-4-6-17(18(12-13)29(22,25)26)30(27,28)23-10-8-14-3-5-15(20)16(21)11-14/h3-6,8,10-12,23-24H,1-2H3,(H2,22,25,26)/b10-8+. The molecule has 4 N–H and O–H groups in total. The van der Waals surface area contributed by atoms with Crippen LogP contribution in [0.4, 0.5) is 0 Å². The molecule has 0 saturated carbocycles. The lowest BCUT2D eigenvalue weighted by atomic mass is 10.1. The molecule has 2 rings (SSSR count). The van der Waals surface area contributed by atoms with Gasteiger partial charge in [0.15, 0.2) is 0 Å². The SMILES string of the molecule is CC(C)(O)C#Cc1ccc(S(=O)(=O)N/C=C/c2ccc(Cl)c(Cl)c2)c(S(N)(=O)=O)c1. The van der Waals surface area contributed by atoms with Crippen LogP contribution in [-0.2, 0) is 20.0 Å². The number of primary sulfonamides is 1. The first-order chi connectivity index (χ1) is 13.7. The maximum atomic E-state index is 12.6. The van der Waals surface area contributed by atoms with E-state index in [1.807, 2.05) is 0 Å². The molecule has 0 saturated heterocycles. The van der Waals surface area contributed by atoms with Crippen LogP contribution in [0.3, 0.4) is 0 Å². The van der Waals surface area contributed by atoms with Gasteiger partial charge in [0.05, 0.1) is 10.0 Å². The normalized spacial score (nSPS) is 12.5. The lowest BCUT2D eigenvalue weighted by molar-refractivity contribution is 0.143. The highest BCUT2D eigenvalue weighted by Crippen LogP contribution is 2.24. The molecular formula is C19H18Cl2N2O5S2. The second-order valence-electron chi connectivity index (χ2n) is 6.64. The van der Waals surface area contributed by atoms with Gasteiger partial charge in [0.1, 0.15) is 15.4 Å². The average molecular weight is 489 g/mol. The second-order valence-corrected chi connectivity index (χ2v) is 10.7. The van der Waals surface area contributed by atoms with Crippen LogP contribution in [0.2, 0.25) is 10.0 Å². The second kappa shape index (κ2) is 8.98. The maximum absolute atomic E-state index is 12.6. The Kier molecular flexibility index (Phi) is 7.24. The molecule has 0 heterocycles. The molecule has 0 spiro atoms. The van der Waals surface area contributed by atoms with E-state index < -0.39 is 35.4 Å². The Bertz CT molecular complexity index is 1270. The van der Waals surface area contributed by atoms with Crippen LogP contribution in [0.25, 0.3) is 6.08 Å². The monoisotopic (exact) mass is 488 g/mol. The number of halogens is 2. The highest BCUT2D eigenvalue weighted by molar-refractivity contribution is 7.92. The zero-order valence-electron chi connectivity index (χ0n) is 15.8. The van der Waals surface area contributed by atoms with E-state index in [9.17, 15) is 21.9 Å². The van der Waals surface area contributed by atoms with Crippen LogP contribution in [0.5, 0.6) is 0 Å². The molecule has 0 aromatic heterocycles.